The summed E-state index contributed by atoms with van der Waals surface area (Å²) in [5.74, 6) is 0.683. The number of amides is 2. The van der Waals surface area contributed by atoms with Crippen LogP contribution in [0.5, 0.6) is 0 Å². The fraction of sp³-hybridized carbons (Fsp3) is 0.556. The molecule has 2 amide bonds. The molecule has 1 aliphatic rings. The summed E-state index contributed by atoms with van der Waals surface area (Å²) in [4.78, 5) is 37.2. The van der Waals surface area contributed by atoms with Crippen molar-refractivity contribution in [2.45, 2.75) is 65.5 Å². The number of anilines is 1. The van der Waals surface area contributed by atoms with Gasteiger partial charge in [0.25, 0.3) is 0 Å². The zero-order valence-corrected chi connectivity index (χ0v) is 25.5. The second kappa shape index (κ2) is 12.7. The molecule has 2 heterocycles. The summed E-state index contributed by atoms with van der Waals surface area (Å²) < 4.78 is 10.6. The van der Waals surface area contributed by atoms with Crippen LogP contribution in [0, 0.1) is 0 Å². The smallest absolute Gasteiger partial charge is 0.435 e. The van der Waals surface area contributed by atoms with Gasteiger partial charge in [0, 0.05) is 50.9 Å². The van der Waals surface area contributed by atoms with Crippen LogP contribution in [0.25, 0.3) is 11.3 Å². The Balaban J connectivity index is 1.47. The lowest BCUT2D eigenvalue weighted by molar-refractivity contribution is 0.0601. The summed E-state index contributed by atoms with van der Waals surface area (Å²) in [5.41, 5.74) is 2.52. The Bertz CT molecular complexity index is 1110. The Morgan fingerprint density at radius 3 is 2.37 bits per heavy atom. The van der Waals surface area contributed by atoms with E-state index in [1.54, 1.807) is 0 Å². The van der Waals surface area contributed by atoms with E-state index in [1.165, 1.54) is 11.3 Å². The number of aliphatic imine (C=N–C) groups is 1. The molecule has 208 valence electrons. The van der Waals surface area contributed by atoms with E-state index in [4.69, 9.17) is 9.47 Å². The highest BCUT2D eigenvalue weighted by Gasteiger charge is 2.21. The zero-order valence-electron chi connectivity index (χ0n) is 23.7. The summed E-state index contributed by atoms with van der Waals surface area (Å²) >= 11 is 1.52. The van der Waals surface area contributed by atoms with Gasteiger partial charge in [0.15, 0.2) is 0 Å². The molecule has 0 saturated carbocycles. The Morgan fingerprint density at radius 1 is 1.11 bits per heavy atom. The van der Waals surface area contributed by atoms with Crippen molar-refractivity contribution in [3.63, 3.8) is 0 Å². The predicted molar refractivity (Wildman–Crippen MR) is 157 cm³/mol. The van der Waals surface area contributed by atoms with Crippen molar-refractivity contribution < 1.29 is 19.1 Å². The summed E-state index contributed by atoms with van der Waals surface area (Å²) in [6.45, 7) is 18.2. The Hall–Kier alpha value is -2.92. The molecule has 38 heavy (non-hydrogen) atoms. The lowest BCUT2D eigenvalue weighted by atomic mass is 10.1. The molecular weight excluding hydrogens is 518 g/mol. The first-order chi connectivity index (χ1) is 17.8. The van der Waals surface area contributed by atoms with Gasteiger partial charge in [0.05, 0.1) is 18.8 Å². The molecule has 1 fully saturated rings. The van der Waals surface area contributed by atoms with Gasteiger partial charge in [-0.1, -0.05) is 31.8 Å². The maximum atomic E-state index is 12.0. The maximum Gasteiger partial charge on any atom is 0.435 e. The summed E-state index contributed by atoms with van der Waals surface area (Å²) in [6.07, 6.45) is -0.942. The number of hydrogen-bond donors (Lipinski definition) is 1. The average molecular weight is 560 g/mol. The summed E-state index contributed by atoms with van der Waals surface area (Å²) in [7, 11) is -1.22. The maximum absolute atomic E-state index is 12.0. The first kappa shape index (κ1) is 29.6. The fourth-order valence-corrected chi connectivity index (χ4v) is 5.25. The lowest BCUT2D eigenvalue weighted by Gasteiger charge is -2.37. The van der Waals surface area contributed by atoms with E-state index in [0.717, 1.165) is 54.2 Å². The van der Waals surface area contributed by atoms with E-state index in [1.807, 2.05) is 33.1 Å². The zero-order chi connectivity index (χ0) is 27.9. The van der Waals surface area contributed by atoms with Crippen LogP contribution in [0.3, 0.4) is 0 Å². The number of hydrogen-bond acceptors (Lipinski definition) is 7. The topological polar surface area (TPSA) is 96.4 Å². The molecule has 1 aromatic heterocycles. The van der Waals surface area contributed by atoms with Crippen molar-refractivity contribution >= 4 is 43.1 Å². The molecule has 1 aromatic carbocycles. The van der Waals surface area contributed by atoms with Crippen molar-refractivity contribution in [2.24, 2.45) is 4.99 Å². The monoisotopic (exact) mass is 559 g/mol. The molecule has 0 unspecified atom stereocenters. The first-order valence-corrected chi connectivity index (χ1v) is 17.6. The molecule has 2 aromatic rings. The van der Waals surface area contributed by atoms with Crippen LogP contribution in [-0.4, -0.2) is 74.4 Å². The van der Waals surface area contributed by atoms with Crippen LogP contribution in [0.4, 0.5) is 15.3 Å². The predicted octanol–water partition coefficient (Wildman–Crippen LogP) is 5.85. The van der Waals surface area contributed by atoms with Crippen LogP contribution >= 0.6 is 11.3 Å². The SMILES string of the molecule is C/C(=N\C(=O)OC(C)(C)C)N1CCN(c2ccc(-c3csc(CNC(=O)OCC[Si](C)(C)C)n3)cc2)CC1. The van der Waals surface area contributed by atoms with E-state index in [2.05, 4.69) is 69.0 Å². The third-order valence-electron chi connectivity index (χ3n) is 5.93. The minimum Gasteiger partial charge on any atom is -0.450 e. The molecular formula is C27H41N5O4SSi. The van der Waals surface area contributed by atoms with Gasteiger partial charge in [-0.2, -0.15) is 4.99 Å². The molecule has 0 bridgehead atoms. The van der Waals surface area contributed by atoms with Gasteiger partial charge in [0.1, 0.15) is 16.4 Å². The highest BCUT2D eigenvalue weighted by molar-refractivity contribution is 7.09. The van der Waals surface area contributed by atoms with Crippen LogP contribution in [0.2, 0.25) is 25.7 Å². The van der Waals surface area contributed by atoms with E-state index < -0.39 is 25.9 Å². The average Bonchev–Trinajstić information content (AvgIpc) is 3.30. The van der Waals surface area contributed by atoms with Gasteiger partial charge in [-0.25, -0.2) is 14.6 Å². The van der Waals surface area contributed by atoms with E-state index in [-0.39, 0.29) is 0 Å². The quantitative estimate of drug-likeness (QED) is 0.258. The fourth-order valence-electron chi connectivity index (χ4n) is 3.79. The molecule has 1 aliphatic heterocycles. The number of nitrogens with one attached hydrogen (secondary N) is 1. The number of piperazine rings is 1. The largest absolute Gasteiger partial charge is 0.450 e. The van der Waals surface area contributed by atoms with Crippen molar-refractivity contribution in [1.29, 1.82) is 0 Å². The number of benzene rings is 1. The van der Waals surface area contributed by atoms with Crippen LogP contribution in [0.1, 0.15) is 32.7 Å². The molecule has 1 N–H and O–H groups in total. The standard InChI is InChI=1S/C27H41N5O4SSi/c1-20(29-26(34)36-27(2,3)4)31-12-14-32(15-13-31)22-10-8-21(9-11-22)23-19-37-24(30-23)18-28-25(33)35-16-17-38(5,6)7/h8-11,19H,12-18H2,1-7H3,(H,28,33)/b29-20+. The molecule has 0 radical (unpaired) electrons. The van der Waals surface area contributed by atoms with E-state index in [0.29, 0.717) is 19.0 Å². The molecule has 3 rings (SSSR count). The van der Waals surface area contributed by atoms with Crippen molar-refractivity contribution in [2.75, 3.05) is 37.7 Å². The van der Waals surface area contributed by atoms with Crippen LogP contribution < -0.4 is 10.2 Å². The van der Waals surface area contributed by atoms with Gasteiger partial charge in [-0.05, 0) is 45.9 Å². The summed E-state index contributed by atoms with van der Waals surface area (Å²) in [6, 6.07) is 9.33. The number of ether oxygens (including phenoxy) is 2. The Morgan fingerprint density at radius 2 is 1.76 bits per heavy atom. The van der Waals surface area contributed by atoms with E-state index in [9.17, 15) is 9.59 Å². The number of thiazole rings is 1. The first-order valence-electron chi connectivity index (χ1n) is 13.0. The highest BCUT2D eigenvalue weighted by Crippen LogP contribution is 2.25. The molecule has 0 atom stereocenters. The lowest BCUT2D eigenvalue weighted by Crippen LogP contribution is -2.48. The number of alkyl carbamates (subject to hydrolysis) is 1. The van der Waals surface area contributed by atoms with Crippen molar-refractivity contribution in [3.05, 3.63) is 34.7 Å². The third kappa shape index (κ3) is 9.75. The van der Waals surface area contributed by atoms with Gasteiger partial charge >= 0.3 is 12.2 Å². The second-order valence-corrected chi connectivity index (χ2v) is 18.2. The van der Waals surface area contributed by atoms with E-state index >= 15 is 0 Å². The van der Waals surface area contributed by atoms with Crippen molar-refractivity contribution in [3.8, 4) is 11.3 Å². The minimum absolute atomic E-state index is 0.357. The molecule has 1 saturated heterocycles. The number of nitrogens with zero attached hydrogens (tertiary/aromatic N) is 4. The number of rotatable bonds is 7. The molecule has 0 spiro atoms. The molecule has 0 aliphatic carbocycles. The van der Waals surface area contributed by atoms with Gasteiger partial charge in [-0.3, -0.25) is 0 Å². The molecule has 11 heteroatoms. The number of amidine groups is 1. The number of aromatic nitrogens is 1. The van der Waals surface area contributed by atoms with Gasteiger partial charge in [0.2, 0.25) is 0 Å². The minimum atomic E-state index is -1.22. The normalized spacial score (nSPS) is 14.9. The second-order valence-electron chi connectivity index (χ2n) is 11.6. The van der Waals surface area contributed by atoms with Gasteiger partial charge in [-0.15, -0.1) is 11.3 Å². The number of carbonyl (C=O) groups is 2. The van der Waals surface area contributed by atoms with Gasteiger partial charge < -0.3 is 24.6 Å². The number of carbonyl (C=O) groups excluding carboxylic acids is 2. The summed E-state index contributed by atoms with van der Waals surface area (Å²) in [5, 5.41) is 5.64. The Kier molecular flexibility index (Phi) is 9.94. The Labute approximate surface area is 231 Å². The third-order valence-corrected chi connectivity index (χ3v) is 8.49. The molecule has 9 nitrogen and oxygen atoms in total. The van der Waals surface area contributed by atoms with Crippen LogP contribution in [-0.2, 0) is 16.0 Å². The van der Waals surface area contributed by atoms with Crippen molar-refractivity contribution in [1.82, 2.24) is 15.2 Å². The van der Waals surface area contributed by atoms with Crippen LogP contribution in [0.15, 0.2) is 34.6 Å². The highest BCUT2D eigenvalue weighted by atomic mass is 32.1.